The van der Waals surface area contributed by atoms with E-state index in [0.29, 0.717) is 29.0 Å². The Morgan fingerprint density at radius 1 is 1.36 bits per heavy atom. The van der Waals surface area contributed by atoms with E-state index in [1.165, 1.54) is 0 Å². The monoisotopic (exact) mass is 216 g/mol. The Hall–Kier alpha value is 2.25. The van der Waals surface area contributed by atoms with Gasteiger partial charge in [0.05, 0.1) is 9.05 Å². The molecule has 0 radical (unpaired) electrons. The minimum Gasteiger partial charge on any atom is -0.746 e. The van der Waals surface area contributed by atoms with E-state index in [0.717, 1.165) is 0 Å². The third-order valence-corrected chi connectivity index (χ3v) is 2.69. The van der Waals surface area contributed by atoms with Gasteiger partial charge in [-0.1, -0.05) is 0 Å². The summed E-state index contributed by atoms with van der Waals surface area (Å²) in [5.41, 5.74) is 5.05. The molecule has 0 aromatic rings. The van der Waals surface area contributed by atoms with Crippen molar-refractivity contribution in [3.8, 4) is 0 Å². The summed E-state index contributed by atoms with van der Waals surface area (Å²) in [5, 5.41) is 0. The first kappa shape index (κ1) is 18.9. The maximum absolute atomic E-state index is 9.87. The van der Waals surface area contributed by atoms with Crippen LogP contribution in [0.1, 0.15) is 6.42 Å². The Balaban J connectivity index is -0.000000320. The minimum absolute atomic E-state index is 0. The van der Waals surface area contributed by atoms with Crippen molar-refractivity contribution < 1.29 is 72.4 Å². The Labute approximate surface area is 115 Å². The van der Waals surface area contributed by atoms with Crippen molar-refractivity contribution in [2.45, 2.75) is 6.42 Å². The molecule has 0 amide bonds. The van der Waals surface area contributed by atoms with Crippen LogP contribution in [-0.4, -0.2) is 25.6 Å². The molecule has 0 rings (SSSR count). The summed E-state index contributed by atoms with van der Waals surface area (Å²) in [6, 6.07) is 0. The van der Waals surface area contributed by atoms with Crippen molar-refractivity contribution in [2.24, 2.45) is 5.73 Å². The molecular formula is C3H8NNa2O3S2+. The maximum atomic E-state index is 9.87. The molecule has 0 atom stereocenters. The fraction of sp³-hybridized carbons (Fsp3) is 1.00. The topological polar surface area (TPSA) is 89.2 Å². The zero-order chi connectivity index (χ0) is 7.33. The summed E-state index contributed by atoms with van der Waals surface area (Å²) < 4.78 is 29.6. The van der Waals surface area contributed by atoms with Crippen molar-refractivity contribution in [1.82, 2.24) is 0 Å². The first-order valence-corrected chi connectivity index (χ1v) is 5.27. The molecule has 0 bridgehead atoms. The second-order valence-electron chi connectivity index (χ2n) is 1.37. The zero-order valence-electron chi connectivity index (χ0n) is 6.74. The molecule has 0 saturated carbocycles. The molecule has 0 saturated heterocycles. The van der Waals surface area contributed by atoms with Crippen LogP contribution in [0.25, 0.3) is 0 Å². The van der Waals surface area contributed by atoms with Crippen LogP contribution in [0.3, 0.4) is 0 Å². The van der Waals surface area contributed by atoms with E-state index < -0.39 is 9.05 Å². The van der Waals surface area contributed by atoms with Gasteiger partial charge in [0.25, 0.3) is 0 Å². The first-order valence-electron chi connectivity index (χ1n) is 2.36. The molecule has 11 heavy (non-hydrogen) atoms. The normalized spacial score (nSPS) is 9.36. The van der Waals surface area contributed by atoms with Crippen LogP contribution in [0.5, 0.6) is 0 Å². The van der Waals surface area contributed by atoms with Crippen molar-refractivity contribution in [3.05, 3.63) is 0 Å². The van der Waals surface area contributed by atoms with E-state index in [1.807, 2.05) is 0 Å². The molecule has 56 valence electrons. The molecule has 0 aliphatic heterocycles. The third-order valence-electron chi connectivity index (χ3n) is 0.576. The summed E-state index contributed by atoms with van der Waals surface area (Å²) in [4.78, 5) is 0. The van der Waals surface area contributed by atoms with Crippen molar-refractivity contribution >= 4 is 19.4 Å². The van der Waals surface area contributed by atoms with E-state index in [-0.39, 0.29) is 59.1 Å². The number of rotatable bonds is 3. The minimum atomic E-state index is -4.09. The molecule has 2 N–H and O–H groups in total. The van der Waals surface area contributed by atoms with Gasteiger partial charge in [-0.05, 0) is 6.54 Å². The van der Waals surface area contributed by atoms with Crippen LogP contribution in [0, 0.1) is 0 Å². The van der Waals surface area contributed by atoms with Gasteiger partial charge in [0.1, 0.15) is 0 Å². The molecule has 0 aliphatic carbocycles. The first-order chi connectivity index (χ1) is 4.06. The zero-order valence-corrected chi connectivity index (χ0v) is 12.4. The maximum Gasteiger partial charge on any atom is 1.00 e. The van der Waals surface area contributed by atoms with Gasteiger partial charge in [-0.25, -0.2) is 4.21 Å². The van der Waals surface area contributed by atoms with Gasteiger partial charge >= 0.3 is 59.1 Å². The molecule has 0 aliphatic rings. The Kier molecular flexibility index (Phi) is 17.8. The van der Waals surface area contributed by atoms with Crippen LogP contribution >= 0.6 is 0 Å². The van der Waals surface area contributed by atoms with Gasteiger partial charge in [-0.15, -0.1) is 0 Å². The largest absolute Gasteiger partial charge is 1.00 e. The molecule has 0 heterocycles. The Bertz CT molecular complexity index is 171. The van der Waals surface area contributed by atoms with Crippen molar-refractivity contribution in [1.29, 1.82) is 0 Å². The molecule has 0 unspecified atom stereocenters. The number of hydrogen-bond acceptors (Lipinski definition) is 4. The van der Waals surface area contributed by atoms with E-state index in [2.05, 4.69) is 0 Å². The molecule has 0 aromatic carbocycles. The molecule has 0 spiro atoms. The van der Waals surface area contributed by atoms with Gasteiger partial charge in [0, 0.05) is 6.42 Å². The average molecular weight is 216 g/mol. The van der Waals surface area contributed by atoms with Crippen LogP contribution in [0.15, 0.2) is 0 Å². The van der Waals surface area contributed by atoms with Gasteiger partial charge in [0.2, 0.25) is 10.3 Å². The third kappa shape index (κ3) is 18.9. The number of hydrogen-bond donors (Lipinski definition) is 1. The molecular weight excluding hydrogens is 208 g/mol. The van der Waals surface area contributed by atoms with Crippen LogP contribution in [0.4, 0.5) is 0 Å². The Morgan fingerprint density at radius 2 is 1.82 bits per heavy atom. The van der Waals surface area contributed by atoms with Crippen LogP contribution < -0.4 is 64.8 Å². The van der Waals surface area contributed by atoms with Crippen LogP contribution in [-0.2, 0) is 19.4 Å². The quantitative estimate of drug-likeness (QED) is 0.288. The molecule has 4 nitrogen and oxygen atoms in total. The number of nitrogens with two attached hydrogens (primary N) is 1. The standard InChI is InChI=1S/C3H9NO3S2.2Na/c4-2-1-3-8-9(5,6)7;;/h1-4H2,(H-,5,6,7);;/q;2*+1/p-1. The van der Waals surface area contributed by atoms with E-state index in [1.54, 1.807) is 0 Å². The van der Waals surface area contributed by atoms with Gasteiger partial charge < -0.3 is 14.8 Å². The fourth-order valence-electron chi connectivity index (χ4n) is 0.244. The van der Waals surface area contributed by atoms with E-state index >= 15 is 0 Å². The molecule has 0 fully saturated rings. The average Bonchev–Trinajstić information content (AvgIpc) is 1.63. The molecule has 0 aromatic heterocycles. The summed E-state index contributed by atoms with van der Waals surface area (Å²) in [5.74, 6) is 0.294. The summed E-state index contributed by atoms with van der Waals surface area (Å²) in [7, 11) is -3.69. The summed E-state index contributed by atoms with van der Waals surface area (Å²) >= 11 is 0. The van der Waals surface area contributed by atoms with Gasteiger partial charge in [-0.2, -0.15) is 0 Å². The van der Waals surface area contributed by atoms with Gasteiger partial charge in [0.15, 0.2) is 5.75 Å². The van der Waals surface area contributed by atoms with E-state index in [4.69, 9.17) is 5.73 Å². The fourth-order valence-corrected chi connectivity index (χ4v) is 1.70. The van der Waals surface area contributed by atoms with Crippen molar-refractivity contribution in [3.63, 3.8) is 0 Å². The van der Waals surface area contributed by atoms with Gasteiger partial charge in [-0.3, -0.25) is 0 Å². The second-order valence-corrected chi connectivity index (χ2v) is 4.76. The smallest absolute Gasteiger partial charge is 0.746 e. The predicted molar refractivity (Wildman–Crippen MR) is 35.6 cm³/mol. The van der Waals surface area contributed by atoms with Crippen LogP contribution in [0.2, 0.25) is 0 Å². The summed E-state index contributed by atoms with van der Waals surface area (Å²) in [6.45, 7) is 0.419. The SMILES string of the molecule is NCCC[S+]=S(=O)([O-])[O-].[Na+].[Na+]. The van der Waals surface area contributed by atoms with E-state index in [9.17, 15) is 13.3 Å². The van der Waals surface area contributed by atoms with Crippen molar-refractivity contribution in [2.75, 3.05) is 12.3 Å². The second kappa shape index (κ2) is 10.3. The predicted octanol–water partition coefficient (Wildman–Crippen LogP) is -7.11. The Morgan fingerprint density at radius 3 is 2.09 bits per heavy atom. The summed E-state index contributed by atoms with van der Waals surface area (Å²) in [6.07, 6.45) is 0.562. The molecule has 8 heteroatoms.